The minimum Gasteiger partial charge on any atom is -0.493 e. The first kappa shape index (κ1) is 19.8. The molecule has 1 aromatic heterocycles. The highest BCUT2D eigenvalue weighted by atomic mass is 19.4. The van der Waals surface area contributed by atoms with Crippen LogP contribution in [-0.4, -0.2) is 19.2 Å². The Hall–Kier alpha value is -2.51. The van der Waals surface area contributed by atoms with Crippen molar-refractivity contribution in [2.24, 2.45) is 5.92 Å². The Morgan fingerprint density at radius 2 is 1.85 bits per heavy atom. The molecule has 0 atom stereocenters. The van der Waals surface area contributed by atoms with Gasteiger partial charge in [0.05, 0.1) is 36.1 Å². The van der Waals surface area contributed by atoms with Crippen molar-refractivity contribution in [1.82, 2.24) is 0 Å². The minimum atomic E-state index is -4.53. The number of hydrogen-bond acceptors (Lipinski definition) is 5. The lowest BCUT2D eigenvalue weighted by Crippen LogP contribution is -2.13. The molecule has 1 aromatic carbocycles. The van der Waals surface area contributed by atoms with Gasteiger partial charge in [-0.25, -0.2) is 4.79 Å². The summed E-state index contributed by atoms with van der Waals surface area (Å²) in [5, 5.41) is 0.281. The van der Waals surface area contributed by atoms with E-state index >= 15 is 0 Å². The van der Waals surface area contributed by atoms with Gasteiger partial charge in [-0.1, -0.05) is 13.8 Å². The maximum Gasteiger partial charge on any atom is 0.416 e. The average Bonchev–Trinajstić information content (AvgIpc) is 2.55. The van der Waals surface area contributed by atoms with E-state index in [9.17, 15) is 22.8 Å². The minimum absolute atomic E-state index is 0.157. The summed E-state index contributed by atoms with van der Waals surface area (Å²) in [6.45, 7) is 3.95. The molecule has 8 heteroatoms. The zero-order valence-corrected chi connectivity index (χ0v) is 14.4. The van der Waals surface area contributed by atoms with Gasteiger partial charge in [0.1, 0.15) is 11.3 Å². The van der Waals surface area contributed by atoms with Crippen LogP contribution in [0.2, 0.25) is 0 Å². The molecule has 0 amide bonds. The summed E-state index contributed by atoms with van der Waals surface area (Å²) < 4.78 is 53.6. The van der Waals surface area contributed by atoms with Gasteiger partial charge in [0.15, 0.2) is 0 Å². The summed E-state index contributed by atoms with van der Waals surface area (Å²) in [7, 11) is 0. The van der Waals surface area contributed by atoms with Crippen LogP contribution < -0.4 is 10.4 Å². The van der Waals surface area contributed by atoms with Gasteiger partial charge in [-0.2, -0.15) is 13.2 Å². The number of carbonyl (C=O) groups excluding carboxylic acids is 1. The molecule has 0 spiro atoms. The van der Waals surface area contributed by atoms with Gasteiger partial charge < -0.3 is 13.9 Å². The highest BCUT2D eigenvalue weighted by Crippen LogP contribution is 2.33. The summed E-state index contributed by atoms with van der Waals surface area (Å²) in [6.07, 6.45) is -3.42. The van der Waals surface area contributed by atoms with Crippen molar-refractivity contribution in [3.05, 3.63) is 40.2 Å². The number of carbonyl (C=O) groups is 1. The Morgan fingerprint density at radius 1 is 1.15 bits per heavy atom. The Bertz CT molecular complexity index is 824. The molecular weight excluding hydrogens is 353 g/mol. The number of halogens is 3. The lowest BCUT2D eigenvalue weighted by molar-refractivity contribution is -0.147. The molecule has 142 valence electrons. The number of ether oxygens (including phenoxy) is 2. The van der Waals surface area contributed by atoms with Gasteiger partial charge in [-0.05, 0) is 31.0 Å². The molecule has 26 heavy (non-hydrogen) atoms. The standard InChI is InChI=1S/C18H19F3O5/c1-11(2)17(23)25-8-4-3-7-24-14-10-16(22)26-15-9-12(18(19,20)21)5-6-13(14)15/h5-6,9-11H,3-4,7-8H2,1-2H3. The van der Waals surface area contributed by atoms with E-state index in [4.69, 9.17) is 13.9 Å². The molecular formula is C18H19F3O5. The molecule has 2 aromatic rings. The van der Waals surface area contributed by atoms with Crippen LogP contribution in [0.3, 0.4) is 0 Å². The number of benzene rings is 1. The number of fused-ring (bicyclic) bond motifs is 1. The van der Waals surface area contributed by atoms with Gasteiger partial charge in [0, 0.05) is 0 Å². The molecule has 0 saturated heterocycles. The van der Waals surface area contributed by atoms with Crippen LogP contribution in [0.4, 0.5) is 13.2 Å². The second kappa shape index (κ2) is 8.25. The van der Waals surface area contributed by atoms with Crippen LogP contribution in [0.25, 0.3) is 11.0 Å². The SMILES string of the molecule is CC(C)C(=O)OCCCCOc1cc(=O)oc2cc(C(F)(F)F)ccc12. The Kier molecular flexibility index (Phi) is 6.28. The summed E-state index contributed by atoms with van der Waals surface area (Å²) in [5.74, 6) is -0.315. The van der Waals surface area contributed by atoms with Crippen molar-refractivity contribution >= 4 is 16.9 Å². The molecule has 0 radical (unpaired) electrons. The van der Waals surface area contributed by atoms with Crippen LogP contribution in [0.1, 0.15) is 32.3 Å². The number of esters is 1. The maximum absolute atomic E-state index is 12.8. The predicted octanol–water partition coefficient (Wildman–Crippen LogP) is 4.17. The predicted molar refractivity (Wildman–Crippen MR) is 88.0 cm³/mol. The molecule has 0 N–H and O–H groups in total. The molecule has 0 unspecified atom stereocenters. The van der Waals surface area contributed by atoms with Crippen molar-refractivity contribution in [2.45, 2.75) is 32.9 Å². The van der Waals surface area contributed by atoms with E-state index < -0.39 is 17.4 Å². The van der Waals surface area contributed by atoms with Crippen LogP contribution >= 0.6 is 0 Å². The number of unbranched alkanes of at least 4 members (excludes halogenated alkanes) is 1. The zero-order valence-electron chi connectivity index (χ0n) is 14.4. The van der Waals surface area contributed by atoms with Crippen molar-refractivity contribution in [2.75, 3.05) is 13.2 Å². The van der Waals surface area contributed by atoms with Gasteiger partial charge in [0.25, 0.3) is 0 Å². The summed E-state index contributed by atoms with van der Waals surface area (Å²) in [4.78, 5) is 22.9. The van der Waals surface area contributed by atoms with E-state index in [1.165, 1.54) is 6.07 Å². The molecule has 0 aliphatic heterocycles. The third kappa shape index (κ3) is 5.24. The fraction of sp³-hybridized carbons (Fsp3) is 0.444. The molecule has 0 bridgehead atoms. The Balaban J connectivity index is 1.99. The second-order valence-electron chi connectivity index (χ2n) is 6.02. The first-order valence-corrected chi connectivity index (χ1v) is 8.13. The van der Waals surface area contributed by atoms with Crippen LogP contribution in [0.5, 0.6) is 5.75 Å². The fourth-order valence-corrected chi connectivity index (χ4v) is 2.15. The maximum atomic E-state index is 12.8. The number of hydrogen-bond donors (Lipinski definition) is 0. The summed E-state index contributed by atoms with van der Waals surface area (Å²) in [6, 6.07) is 3.98. The van der Waals surface area contributed by atoms with Crippen LogP contribution in [0, 0.1) is 5.92 Å². The second-order valence-corrected chi connectivity index (χ2v) is 6.02. The lowest BCUT2D eigenvalue weighted by Gasteiger charge is -2.11. The molecule has 0 aliphatic carbocycles. The van der Waals surface area contributed by atoms with E-state index in [0.29, 0.717) is 12.8 Å². The van der Waals surface area contributed by atoms with Crippen molar-refractivity contribution in [1.29, 1.82) is 0 Å². The summed E-state index contributed by atoms with van der Waals surface area (Å²) in [5.41, 5.74) is -1.89. The van der Waals surface area contributed by atoms with E-state index in [1.54, 1.807) is 13.8 Å². The number of rotatable bonds is 7. The topological polar surface area (TPSA) is 65.7 Å². The van der Waals surface area contributed by atoms with Gasteiger partial charge in [0.2, 0.25) is 0 Å². The molecule has 2 rings (SSSR count). The van der Waals surface area contributed by atoms with Crippen LogP contribution in [-0.2, 0) is 15.7 Å². The van der Waals surface area contributed by atoms with Gasteiger partial charge >= 0.3 is 17.8 Å². The van der Waals surface area contributed by atoms with E-state index in [0.717, 1.165) is 18.2 Å². The molecule has 0 saturated carbocycles. The average molecular weight is 372 g/mol. The third-order valence-electron chi connectivity index (χ3n) is 3.55. The third-order valence-corrected chi connectivity index (χ3v) is 3.55. The quantitative estimate of drug-likeness (QED) is 0.415. The van der Waals surface area contributed by atoms with Crippen molar-refractivity contribution in [3.8, 4) is 5.75 Å². The van der Waals surface area contributed by atoms with Crippen molar-refractivity contribution in [3.63, 3.8) is 0 Å². The largest absolute Gasteiger partial charge is 0.493 e. The normalized spacial score (nSPS) is 11.8. The highest BCUT2D eigenvalue weighted by Gasteiger charge is 2.31. The number of alkyl halides is 3. The fourth-order valence-electron chi connectivity index (χ4n) is 2.15. The van der Waals surface area contributed by atoms with E-state index in [-0.39, 0.29) is 41.8 Å². The van der Waals surface area contributed by atoms with E-state index in [1.807, 2.05) is 0 Å². The van der Waals surface area contributed by atoms with E-state index in [2.05, 4.69) is 0 Å². The van der Waals surface area contributed by atoms with Gasteiger partial charge in [-0.15, -0.1) is 0 Å². The monoisotopic (exact) mass is 372 g/mol. The highest BCUT2D eigenvalue weighted by molar-refractivity contribution is 5.83. The smallest absolute Gasteiger partial charge is 0.416 e. The van der Waals surface area contributed by atoms with Gasteiger partial charge in [-0.3, -0.25) is 4.79 Å². The molecule has 5 nitrogen and oxygen atoms in total. The Labute approximate surface area is 147 Å². The molecule has 0 fully saturated rings. The first-order chi connectivity index (χ1) is 12.2. The van der Waals surface area contributed by atoms with Crippen molar-refractivity contribution < 1.29 is 31.9 Å². The summed E-state index contributed by atoms with van der Waals surface area (Å²) >= 11 is 0. The molecule has 1 heterocycles. The lowest BCUT2D eigenvalue weighted by atomic mass is 10.1. The first-order valence-electron chi connectivity index (χ1n) is 8.13. The molecule has 0 aliphatic rings. The van der Waals surface area contributed by atoms with Crippen LogP contribution in [0.15, 0.2) is 33.5 Å². The zero-order chi connectivity index (χ0) is 19.3. The Morgan fingerprint density at radius 3 is 2.50 bits per heavy atom.